The van der Waals surface area contributed by atoms with Gasteiger partial charge in [-0.2, -0.15) is 0 Å². The molecule has 0 unspecified atom stereocenters. The molecule has 1 aromatic heterocycles. The first-order valence-electron chi connectivity index (χ1n) is 9.59. The van der Waals surface area contributed by atoms with E-state index in [1.807, 2.05) is 0 Å². The van der Waals surface area contributed by atoms with Gasteiger partial charge in [0, 0.05) is 5.02 Å². The summed E-state index contributed by atoms with van der Waals surface area (Å²) in [5.74, 6) is -0.0604. The molecule has 1 N–H and O–H groups in total. The van der Waals surface area contributed by atoms with Crippen molar-refractivity contribution < 1.29 is 9.84 Å². The fourth-order valence-electron chi connectivity index (χ4n) is 3.16. The Bertz CT molecular complexity index is 1480. The van der Waals surface area contributed by atoms with Gasteiger partial charge in [-0.25, -0.2) is 0 Å². The van der Waals surface area contributed by atoms with Crippen molar-refractivity contribution in [2.75, 3.05) is 7.11 Å². The smallest absolute Gasteiger partial charge is 0.290 e. The Balaban J connectivity index is 2.05. The average molecular weight is 499 g/mol. The molecule has 0 spiro atoms. The second kappa shape index (κ2) is 9.58. The molecule has 0 aliphatic carbocycles. The summed E-state index contributed by atoms with van der Waals surface area (Å²) in [4.78, 5) is 13.4. The molecule has 0 bridgehead atoms. The summed E-state index contributed by atoms with van der Waals surface area (Å²) < 4.78 is 7.96. The first-order valence-corrected chi connectivity index (χ1v) is 10.8. The molecule has 0 saturated heterocycles. The van der Waals surface area contributed by atoms with Crippen LogP contribution in [0.2, 0.25) is 10.0 Å². The Morgan fingerprint density at radius 1 is 0.909 bits per heavy atom. The van der Waals surface area contributed by atoms with Crippen molar-refractivity contribution in [2.24, 2.45) is 10.2 Å². The van der Waals surface area contributed by atoms with Gasteiger partial charge in [-0.3, -0.25) is 13.9 Å². The van der Waals surface area contributed by atoms with Crippen molar-refractivity contribution in [3.05, 3.63) is 98.0 Å². The number of nitrogens with zero attached hydrogens (tertiary/aromatic N) is 4. The molecule has 0 atom stereocenters. The minimum absolute atomic E-state index is 0.000941. The topological polar surface area (TPSA) is 81.1 Å². The van der Waals surface area contributed by atoms with E-state index in [4.69, 9.17) is 40.2 Å². The van der Waals surface area contributed by atoms with Crippen molar-refractivity contribution in [3.8, 4) is 23.0 Å². The van der Waals surface area contributed by atoms with E-state index in [1.165, 1.54) is 16.2 Å². The van der Waals surface area contributed by atoms with Crippen LogP contribution in [-0.4, -0.2) is 21.4 Å². The quantitative estimate of drug-likeness (QED) is 0.242. The third kappa shape index (κ3) is 4.41. The lowest BCUT2D eigenvalue weighted by atomic mass is 10.2. The number of hydrogen-bond donors (Lipinski definition) is 1. The lowest BCUT2D eigenvalue weighted by Gasteiger charge is -2.17. The monoisotopic (exact) mass is 498 g/mol. The maximum atomic E-state index is 13.4. The maximum Gasteiger partial charge on any atom is 0.290 e. The van der Waals surface area contributed by atoms with E-state index in [0.717, 1.165) is 0 Å². The molecule has 3 aromatic carbocycles. The molecule has 7 nitrogen and oxygen atoms in total. The largest absolute Gasteiger partial charge is 0.495 e. The highest BCUT2D eigenvalue weighted by Crippen LogP contribution is 2.33. The van der Waals surface area contributed by atoms with Gasteiger partial charge in [0.15, 0.2) is 4.77 Å². The van der Waals surface area contributed by atoms with Gasteiger partial charge in [-0.15, -0.1) is 10.2 Å². The van der Waals surface area contributed by atoms with Gasteiger partial charge in [-0.05, 0) is 60.7 Å². The summed E-state index contributed by atoms with van der Waals surface area (Å²) in [5.41, 5.74) is 0.195. The number of aromatic hydroxyl groups is 1. The van der Waals surface area contributed by atoms with Crippen LogP contribution in [0, 0.1) is 4.77 Å². The molecular weight excluding hydrogens is 483 g/mol. The first kappa shape index (κ1) is 22.7. The fourth-order valence-corrected chi connectivity index (χ4v) is 3.83. The Kier molecular flexibility index (Phi) is 6.60. The van der Waals surface area contributed by atoms with Crippen LogP contribution < -0.4 is 10.3 Å². The lowest BCUT2D eigenvalue weighted by molar-refractivity contribution is 0.402. The normalized spacial score (nSPS) is 11.1. The number of rotatable bonds is 5. The van der Waals surface area contributed by atoms with Gasteiger partial charge in [-0.1, -0.05) is 47.5 Å². The highest BCUT2D eigenvalue weighted by Gasteiger charge is 2.21. The Morgan fingerprint density at radius 2 is 1.58 bits per heavy atom. The second-order valence-electron chi connectivity index (χ2n) is 6.73. The van der Waals surface area contributed by atoms with Crippen LogP contribution in [0.3, 0.4) is 0 Å². The molecule has 0 fully saturated rings. The number of para-hydroxylation sites is 2. The number of methoxy groups -OCH3 is 1. The van der Waals surface area contributed by atoms with Gasteiger partial charge in [0.2, 0.25) is 11.6 Å². The molecule has 0 aliphatic rings. The summed E-state index contributed by atoms with van der Waals surface area (Å²) in [6, 6.07) is 20.2. The minimum atomic E-state index is -0.665. The van der Waals surface area contributed by atoms with Gasteiger partial charge in [0.1, 0.15) is 11.4 Å². The third-order valence-electron chi connectivity index (χ3n) is 4.73. The Hall–Kier alpha value is -3.46. The Morgan fingerprint density at radius 3 is 2.27 bits per heavy atom. The molecular formula is C23H16Cl2N4O3S. The van der Waals surface area contributed by atoms with E-state index < -0.39 is 11.4 Å². The molecule has 166 valence electrons. The van der Waals surface area contributed by atoms with E-state index in [1.54, 1.807) is 72.8 Å². The third-order valence-corrected chi connectivity index (χ3v) is 5.67. The van der Waals surface area contributed by atoms with Crippen molar-refractivity contribution in [1.82, 2.24) is 9.13 Å². The molecule has 0 radical (unpaired) electrons. The number of hydrogen-bond acceptors (Lipinski definition) is 6. The van der Waals surface area contributed by atoms with Crippen LogP contribution in [0.4, 0.5) is 11.4 Å². The van der Waals surface area contributed by atoms with Gasteiger partial charge >= 0.3 is 0 Å². The van der Waals surface area contributed by atoms with E-state index in [2.05, 4.69) is 10.2 Å². The summed E-state index contributed by atoms with van der Waals surface area (Å²) in [5, 5.41) is 20.1. The SMILES string of the molecule is COc1ccccc1-n1c(O)c(N=Nc2ccccc2Cl)c(=O)n(-c2ccc(Cl)cc2)c1=S. The molecule has 0 aliphatic heterocycles. The average Bonchev–Trinajstić information content (AvgIpc) is 2.81. The van der Waals surface area contributed by atoms with Crippen LogP contribution in [0.5, 0.6) is 11.6 Å². The van der Waals surface area contributed by atoms with Crippen molar-refractivity contribution in [3.63, 3.8) is 0 Å². The summed E-state index contributed by atoms with van der Waals surface area (Å²) in [6.07, 6.45) is 0. The summed E-state index contributed by atoms with van der Waals surface area (Å²) in [6.45, 7) is 0. The van der Waals surface area contributed by atoms with Gasteiger partial charge in [0.05, 0.1) is 23.5 Å². The molecule has 10 heteroatoms. The highest BCUT2D eigenvalue weighted by molar-refractivity contribution is 7.71. The van der Waals surface area contributed by atoms with Gasteiger partial charge in [0.25, 0.3) is 5.56 Å². The predicted molar refractivity (Wildman–Crippen MR) is 131 cm³/mol. The van der Waals surface area contributed by atoms with Crippen LogP contribution >= 0.6 is 35.4 Å². The Labute approximate surface area is 203 Å². The molecule has 4 rings (SSSR count). The zero-order chi connectivity index (χ0) is 23.5. The molecule has 0 saturated carbocycles. The zero-order valence-corrected chi connectivity index (χ0v) is 19.5. The van der Waals surface area contributed by atoms with Crippen molar-refractivity contribution in [2.45, 2.75) is 0 Å². The number of benzene rings is 3. The standard InChI is InChI=1S/C23H16Cl2N4O3S/c1-32-19-9-5-4-8-18(19)29-22(31)20(27-26-17-7-3-2-6-16(17)25)21(30)28(23(29)33)15-12-10-14(24)11-13-15/h2-13,31H,1H3. The lowest BCUT2D eigenvalue weighted by Crippen LogP contribution is -2.23. The second-order valence-corrected chi connectivity index (χ2v) is 7.94. The number of halogens is 2. The maximum absolute atomic E-state index is 13.4. The molecule has 33 heavy (non-hydrogen) atoms. The van der Waals surface area contributed by atoms with E-state index in [0.29, 0.717) is 32.9 Å². The fraction of sp³-hybridized carbons (Fsp3) is 0.0435. The van der Waals surface area contributed by atoms with Crippen LogP contribution in [0.1, 0.15) is 0 Å². The first-order chi connectivity index (χ1) is 15.9. The summed E-state index contributed by atoms with van der Waals surface area (Å²) in [7, 11) is 1.49. The number of azo groups is 1. The van der Waals surface area contributed by atoms with Crippen LogP contribution in [0.25, 0.3) is 11.4 Å². The highest BCUT2D eigenvalue weighted by atomic mass is 35.5. The van der Waals surface area contributed by atoms with Gasteiger partial charge < -0.3 is 9.84 Å². The zero-order valence-electron chi connectivity index (χ0n) is 17.1. The predicted octanol–water partition coefficient (Wildman–Crippen LogP) is 6.79. The van der Waals surface area contributed by atoms with E-state index >= 15 is 0 Å². The van der Waals surface area contributed by atoms with E-state index in [9.17, 15) is 9.90 Å². The van der Waals surface area contributed by atoms with E-state index in [-0.39, 0.29) is 10.5 Å². The minimum Gasteiger partial charge on any atom is -0.495 e. The number of ether oxygens (including phenoxy) is 1. The van der Waals surface area contributed by atoms with Crippen molar-refractivity contribution >= 4 is 46.8 Å². The van der Waals surface area contributed by atoms with Crippen LogP contribution in [-0.2, 0) is 0 Å². The number of aromatic nitrogens is 2. The van der Waals surface area contributed by atoms with Crippen LogP contribution in [0.15, 0.2) is 87.8 Å². The molecule has 4 aromatic rings. The molecule has 0 amide bonds. The molecule has 1 heterocycles. The van der Waals surface area contributed by atoms with Crippen molar-refractivity contribution in [1.29, 1.82) is 0 Å². The summed E-state index contributed by atoms with van der Waals surface area (Å²) >= 11 is 17.8.